The number of nitro groups is 1. The number of nitrogens with one attached hydrogen (secondary N) is 1. The number of carbonyl (C=O) groups is 1. The first-order valence-corrected chi connectivity index (χ1v) is 7.72. The molecule has 0 saturated carbocycles. The monoisotopic (exact) mass is 378 g/mol. The molecule has 2 aromatic rings. The Morgan fingerprint density at radius 3 is 2.60 bits per heavy atom. The maximum Gasteiger partial charge on any atom is 0.270 e. The van der Waals surface area contributed by atoms with Gasteiger partial charge in [-0.1, -0.05) is 23.2 Å². The van der Waals surface area contributed by atoms with Crippen LogP contribution in [0.15, 0.2) is 36.4 Å². The predicted octanol–water partition coefficient (Wildman–Crippen LogP) is 3.85. The number of likely N-dealkylation sites (N-methyl/N-ethyl adjacent to an activating group) is 1. The molecule has 0 heterocycles. The van der Waals surface area contributed by atoms with E-state index in [-0.39, 0.29) is 23.7 Å². The fourth-order valence-corrected chi connectivity index (χ4v) is 2.43. The molecule has 128 valence electrons. The van der Waals surface area contributed by atoms with Crippen LogP contribution in [0.1, 0.15) is 5.56 Å². The van der Waals surface area contributed by atoms with Crippen LogP contribution in [0.4, 0.5) is 17.1 Å². The Balaban J connectivity index is 2.12. The molecule has 0 atom stereocenters. The molecule has 0 fully saturated rings. The van der Waals surface area contributed by atoms with Gasteiger partial charge in [0.1, 0.15) is 6.07 Å². The van der Waals surface area contributed by atoms with E-state index in [1.54, 1.807) is 19.2 Å². The van der Waals surface area contributed by atoms with Crippen LogP contribution in [0.25, 0.3) is 0 Å². The lowest BCUT2D eigenvalue weighted by Gasteiger charge is -2.20. The summed E-state index contributed by atoms with van der Waals surface area (Å²) in [6.45, 7) is -0.0628. The molecule has 0 aliphatic rings. The summed E-state index contributed by atoms with van der Waals surface area (Å²) in [5, 5.41) is 23.3. The zero-order chi connectivity index (χ0) is 18.6. The Hall–Kier alpha value is -2.82. The van der Waals surface area contributed by atoms with Crippen molar-refractivity contribution >= 4 is 46.2 Å². The number of halogens is 2. The van der Waals surface area contributed by atoms with E-state index < -0.39 is 4.92 Å². The number of carbonyl (C=O) groups excluding carboxylic acids is 1. The van der Waals surface area contributed by atoms with Crippen LogP contribution in [0.5, 0.6) is 0 Å². The molecule has 0 aliphatic carbocycles. The van der Waals surface area contributed by atoms with Crippen molar-refractivity contribution in [3.8, 4) is 6.07 Å². The van der Waals surface area contributed by atoms with Gasteiger partial charge in [-0.25, -0.2) is 0 Å². The number of non-ortho nitro benzene ring substituents is 1. The van der Waals surface area contributed by atoms with E-state index in [9.17, 15) is 20.2 Å². The molecule has 0 aromatic heterocycles. The molecule has 0 saturated heterocycles. The van der Waals surface area contributed by atoms with E-state index in [4.69, 9.17) is 23.2 Å². The van der Waals surface area contributed by atoms with E-state index in [1.165, 1.54) is 29.2 Å². The number of hydrogen-bond acceptors (Lipinski definition) is 5. The largest absolute Gasteiger partial charge is 0.364 e. The first-order valence-electron chi connectivity index (χ1n) is 6.96. The molecular weight excluding hydrogens is 367 g/mol. The SMILES string of the molecule is CN(CC(=O)Nc1ccc(Cl)c(Cl)c1)c1ccc([N+](=O)[O-])cc1C#N. The van der Waals surface area contributed by atoms with Gasteiger partial charge in [-0.05, 0) is 24.3 Å². The van der Waals surface area contributed by atoms with E-state index >= 15 is 0 Å². The summed E-state index contributed by atoms with van der Waals surface area (Å²) in [6, 6.07) is 10.5. The lowest BCUT2D eigenvalue weighted by molar-refractivity contribution is -0.384. The van der Waals surface area contributed by atoms with Crippen molar-refractivity contribution in [2.24, 2.45) is 0 Å². The Morgan fingerprint density at radius 1 is 1.28 bits per heavy atom. The highest BCUT2D eigenvalue weighted by Gasteiger charge is 2.15. The Bertz CT molecular complexity index is 880. The van der Waals surface area contributed by atoms with Crippen LogP contribution >= 0.6 is 23.2 Å². The summed E-state index contributed by atoms with van der Waals surface area (Å²) in [5.41, 5.74) is 0.822. The number of amides is 1. The fraction of sp³-hybridized carbons (Fsp3) is 0.125. The van der Waals surface area contributed by atoms with Crippen LogP contribution in [0.2, 0.25) is 10.0 Å². The van der Waals surface area contributed by atoms with Crippen molar-refractivity contribution in [1.29, 1.82) is 5.26 Å². The van der Waals surface area contributed by atoms with Gasteiger partial charge in [0, 0.05) is 24.9 Å². The molecule has 0 spiro atoms. The normalized spacial score (nSPS) is 10.0. The lowest BCUT2D eigenvalue weighted by Crippen LogP contribution is -2.30. The maximum atomic E-state index is 12.1. The number of nitriles is 1. The number of nitro benzene ring substituents is 1. The van der Waals surface area contributed by atoms with E-state index in [0.29, 0.717) is 21.4 Å². The molecular formula is C16H12Cl2N4O3. The first kappa shape index (κ1) is 18.5. The van der Waals surface area contributed by atoms with Gasteiger partial charge in [0.25, 0.3) is 5.69 Å². The first-order chi connectivity index (χ1) is 11.8. The molecule has 9 heteroatoms. The van der Waals surface area contributed by atoms with Gasteiger partial charge in [0.15, 0.2) is 0 Å². The van der Waals surface area contributed by atoms with Crippen LogP contribution in [0, 0.1) is 21.4 Å². The third-order valence-electron chi connectivity index (χ3n) is 3.31. The van der Waals surface area contributed by atoms with Crippen LogP contribution in [0.3, 0.4) is 0 Å². The number of hydrogen-bond donors (Lipinski definition) is 1. The highest BCUT2D eigenvalue weighted by Crippen LogP contribution is 2.26. The summed E-state index contributed by atoms with van der Waals surface area (Å²) < 4.78 is 0. The molecule has 7 nitrogen and oxygen atoms in total. The van der Waals surface area contributed by atoms with Crippen molar-refractivity contribution in [3.63, 3.8) is 0 Å². The molecule has 0 bridgehead atoms. The Kier molecular flexibility index (Phi) is 5.80. The number of benzene rings is 2. The van der Waals surface area contributed by atoms with Gasteiger partial charge in [0.2, 0.25) is 5.91 Å². The molecule has 1 amide bonds. The minimum absolute atomic E-state index is 0.0628. The highest BCUT2D eigenvalue weighted by molar-refractivity contribution is 6.42. The fourth-order valence-electron chi connectivity index (χ4n) is 2.13. The van der Waals surface area contributed by atoms with Crippen molar-refractivity contribution < 1.29 is 9.72 Å². The molecule has 2 aromatic carbocycles. The van der Waals surface area contributed by atoms with Crippen molar-refractivity contribution in [1.82, 2.24) is 0 Å². The molecule has 0 unspecified atom stereocenters. The van der Waals surface area contributed by atoms with Crippen molar-refractivity contribution in [3.05, 3.63) is 62.1 Å². The standard InChI is InChI=1S/C16H12Cl2N4O3/c1-21(15-5-3-12(22(24)25)6-10(15)8-19)9-16(23)20-11-2-4-13(17)14(18)7-11/h2-7H,9H2,1H3,(H,20,23). The van der Waals surface area contributed by atoms with E-state index in [0.717, 1.165) is 0 Å². The predicted molar refractivity (Wildman–Crippen MR) is 96.2 cm³/mol. The zero-order valence-electron chi connectivity index (χ0n) is 13.0. The van der Waals surface area contributed by atoms with Gasteiger partial charge in [-0.15, -0.1) is 0 Å². The topological polar surface area (TPSA) is 99.3 Å². The maximum absolute atomic E-state index is 12.1. The summed E-state index contributed by atoms with van der Waals surface area (Å²) in [6.07, 6.45) is 0. The summed E-state index contributed by atoms with van der Waals surface area (Å²) in [5.74, 6) is -0.344. The summed E-state index contributed by atoms with van der Waals surface area (Å²) in [4.78, 5) is 23.9. The van der Waals surface area contributed by atoms with Crippen LogP contribution < -0.4 is 10.2 Å². The minimum atomic E-state index is -0.582. The highest BCUT2D eigenvalue weighted by atomic mass is 35.5. The zero-order valence-corrected chi connectivity index (χ0v) is 14.5. The second-order valence-corrected chi connectivity index (χ2v) is 5.92. The second kappa shape index (κ2) is 7.83. The second-order valence-electron chi connectivity index (χ2n) is 5.10. The third kappa shape index (κ3) is 4.59. The number of nitrogens with zero attached hydrogens (tertiary/aromatic N) is 3. The number of rotatable bonds is 5. The van der Waals surface area contributed by atoms with Crippen molar-refractivity contribution in [2.75, 3.05) is 23.8 Å². The smallest absolute Gasteiger partial charge is 0.270 e. The average molecular weight is 379 g/mol. The van der Waals surface area contributed by atoms with Gasteiger partial charge >= 0.3 is 0 Å². The quantitative estimate of drug-likeness (QED) is 0.628. The molecule has 0 radical (unpaired) electrons. The lowest BCUT2D eigenvalue weighted by atomic mass is 10.1. The van der Waals surface area contributed by atoms with Gasteiger partial charge in [-0.2, -0.15) is 5.26 Å². The number of anilines is 2. The molecule has 1 N–H and O–H groups in total. The third-order valence-corrected chi connectivity index (χ3v) is 4.05. The van der Waals surface area contributed by atoms with E-state index in [2.05, 4.69) is 5.32 Å². The Labute approximate surface area is 153 Å². The van der Waals surface area contributed by atoms with Crippen LogP contribution in [-0.4, -0.2) is 24.4 Å². The minimum Gasteiger partial charge on any atom is -0.364 e. The van der Waals surface area contributed by atoms with Gasteiger partial charge in [-0.3, -0.25) is 14.9 Å². The van der Waals surface area contributed by atoms with Crippen LogP contribution in [-0.2, 0) is 4.79 Å². The van der Waals surface area contributed by atoms with Gasteiger partial charge in [0.05, 0.1) is 32.8 Å². The average Bonchev–Trinajstić information content (AvgIpc) is 2.57. The van der Waals surface area contributed by atoms with Crippen molar-refractivity contribution in [2.45, 2.75) is 0 Å². The summed E-state index contributed by atoms with van der Waals surface area (Å²) >= 11 is 11.7. The van der Waals surface area contributed by atoms with E-state index in [1.807, 2.05) is 6.07 Å². The molecule has 25 heavy (non-hydrogen) atoms. The Morgan fingerprint density at radius 2 is 2.00 bits per heavy atom. The summed E-state index contributed by atoms with van der Waals surface area (Å²) in [7, 11) is 1.61. The van der Waals surface area contributed by atoms with Gasteiger partial charge < -0.3 is 10.2 Å². The molecule has 0 aliphatic heterocycles. The molecule has 2 rings (SSSR count).